The fourth-order valence-corrected chi connectivity index (χ4v) is 4.90. The number of benzene rings is 2. The second-order valence-corrected chi connectivity index (χ2v) is 10.3. The second-order valence-electron chi connectivity index (χ2n) is 10.3. The fraction of sp³-hybridized carbons (Fsp3) is 0.467. The molecule has 224 valence electrons. The maximum Gasteiger partial charge on any atom is 0.416 e. The third-order valence-corrected chi connectivity index (χ3v) is 6.84. The van der Waals surface area contributed by atoms with Crippen molar-refractivity contribution < 1.29 is 35.9 Å². The van der Waals surface area contributed by atoms with Gasteiger partial charge in [-0.2, -0.15) is 26.3 Å². The van der Waals surface area contributed by atoms with Crippen molar-refractivity contribution in [3.05, 3.63) is 70.3 Å². The number of aryl methyl sites for hydroxylation is 1. The summed E-state index contributed by atoms with van der Waals surface area (Å²) in [6, 6.07) is 8.92. The number of carbonyl (C=O) groups excluding carboxylic acids is 1. The van der Waals surface area contributed by atoms with E-state index < -0.39 is 36.1 Å². The quantitative estimate of drug-likeness (QED) is 0.224. The van der Waals surface area contributed by atoms with E-state index in [0.717, 1.165) is 41.3 Å². The molecule has 0 saturated heterocycles. The van der Waals surface area contributed by atoms with Crippen LogP contribution in [0.4, 0.5) is 37.0 Å². The van der Waals surface area contributed by atoms with E-state index in [1.165, 1.54) is 0 Å². The van der Waals surface area contributed by atoms with Gasteiger partial charge in [0.05, 0.1) is 30.3 Å². The van der Waals surface area contributed by atoms with Gasteiger partial charge in [-0.15, -0.1) is 0 Å². The molecule has 0 aliphatic heterocycles. The Morgan fingerprint density at radius 1 is 0.951 bits per heavy atom. The number of hydrogen-bond donors (Lipinski definition) is 0. The maximum atomic E-state index is 13.5. The molecule has 0 aliphatic rings. The van der Waals surface area contributed by atoms with Crippen molar-refractivity contribution >= 4 is 22.8 Å². The molecular weight excluding hydrogens is 548 g/mol. The minimum Gasteiger partial charge on any atom is -0.453 e. The first-order valence-electron chi connectivity index (χ1n) is 13.4. The summed E-state index contributed by atoms with van der Waals surface area (Å²) in [6.07, 6.45) is -8.91. The van der Waals surface area contributed by atoms with Gasteiger partial charge in [0.1, 0.15) is 5.82 Å². The van der Waals surface area contributed by atoms with Crippen LogP contribution in [0.25, 0.3) is 10.9 Å². The van der Waals surface area contributed by atoms with E-state index in [1.807, 2.05) is 38.1 Å². The normalized spacial score (nSPS) is 12.9. The number of amides is 1. The molecule has 3 aromatic rings. The average Bonchev–Trinajstić information content (AvgIpc) is 2.89. The van der Waals surface area contributed by atoms with E-state index in [1.54, 1.807) is 0 Å². The molecule has 11 heteroatoms. The zero-order valence-corrected chi connectivity index (χ0v) is 23.8. The number of fused-ring (bicyclic) bond motifs is 1. The lowest BCUT2D eigenvalue weighted by molar-refractivity contribution is -0.143. The number of anilines is 1. The molecule has 0 fully saturated rings. The highest BCUT2D eigenvalue weighted by Crippen LogP contribution is 2.37. The van der Waals surface area contributed by atoms with Crippen LogP contribution in [-0.4, -0.2) is 36.2 Å². The first-order chi connectivity index (χ1) is 19.2. The first-order valence-corrected chi connectivity index (χ1v) is 13.4. The van der Waals surface area contributed by atoms with Crippen LogP contribution in [0.1, 0.15) is 61.4 Å². The molecule has 1 aromatic heterocycles. The third-order valence-electron chi connectivity index (χ3n) is 6.84. The molecule has 0 aliphatic carbocycles. The van der Waals surface area contributed by atoms with Gasteiger partial charge in [0, 0.05) is 30.6 Å². The number of hydrogen-bond acceptors (Lipinski definition) is 4. The van der Waals surface area contributed by atoms with Crippen LogP contribution in [-0.2, 0) is 30.2 Å². The summed E-state index contributed by atoms with van der Waals surface area (Å²) in [4.78, 5) is 20.9. The zero-order valence-electron chi connectivity index (χ0n) is 23.8. The van der Waals surface area contributed by atoms with Crippen molar-refractivity contribution in [3.63, 3.8) is 0 Å². The molecular formula is C30H35F6N3O2. The van der Waals surface area contributed by atoms with Gasteiger partial charge in [-0.1, -0.05) is 31.9 Å². The third kappa shape index (κ3) is 8.27. The average molecular weight is 584 g/mol. The molecule has 5 nitrogen and oxygen atoms in total. The summed E-state index contributed by atoms with van der Waals surface area (Å²) < 4.78 is 85.8. The predicted octanol–water partition coefficient (Wildman–Crippen LogP) is 8.61. The summed E-state index contributed by atoms with van der Waals surface area (Å²) in [7, 11) is 1.11. The standard InChI is InChI=1S/C30H35F6N3O2/c1-6-8-20(4)16-38(7-2)27-23(14-22-11-19(3)9-10-26(22)37-27)18-39(28(40)41-5)17-21-12-24(29(31,32)33)15-25(13-21)30(34,35)36/h9-15,20H,6-8,16-18H2,1-5H3. The lowest BCUT2D eigenvalue weighted by Gasteiger charge is -2.30. The van der Waals surface area contributed by atoms with E-state index >= 15 is 0 Å². The number of halogens is 6. The van der Waals surface area contributed by atoms with Gasteiger partial charge in [0.15, 0.2) is 0 Å². The van der Waals surface area contributed by atoms with Crippen molar-refractivity contribution in [1.29, 1.82) is 0 Å². The minimum atomic E-state index is -5.00. The lowest BCUT2D eigenvalue weighted by Crippen LogP contribution is -2.33. The summed E-state index contributed by atoms with van der Waals surface area (Å²) in [5, 5.41) is 0.796. The van der Waals surface area contributed by atoms with E-state index in [-0.39, 0.29) is 18.2 Å². The fourth-order valence-electron chi connectivity index (χ4n) is 4.90. The first kappa shape index (κ1) is 32.0. The topological polar surface area (TPSA) is 45.7 Å². The van der Waals surface area contributed by atoms with Crippen molar-refractivity contribution in [2.24, 2.45) is 5.92 Å². The largest absolute Gasteiger partial charge is 0.453 e. The van der Waals surface area contributed by atoms with Crippen molar-refractivity contribution in [2.45, 2.75) is 66.0 Å². The number of carbonyl (C=O) groups is 1. The summed E-state index contributed by atoms with van der Waals surface area (Å²) in [5.41, 5.74) is -0.909. The molecule has 2 aromatic carbocycles. The van der Waals surface area contributed by atoms with Crippen molar-refractivity contribution in [3.8, 4) is 0 Å². The van der Waals surface area contributed by atoms with E-state index in [9.17, 15) is 31.1 Å². The van der Waals surface area contributed by atoms with Gasteiger partial charge < -0.3 is 9.64 Å². The van der Waals surface area contributed by atoms with Crippen LogP contribution >= 0.6 is 0 Å². The Morgan fingerprint density at radius 2 is 1.59 bits per heavy atom. The SMILES string of the molecule is CCCC(C)CN(CC)c1nc2ccc(C)cc2cc1CN(Cc1cc(C(F)(F)F)cc(C(F)(F)F)c1)C(=O)OC. The smallest absolute Gasteiger partial charge is 0.416 e. The van der Waals surface area contributed by atoms with Gasteiger partial charge in [0.25, 0.3) is 0 Å². The maximum absolute atomic E-state index is 13.5. The van der Waals surface area contributed by atoms with Gasteiger partial charge in [-0.3, -0.25) is 4.90 Å². The predicted molar refractivity (Wildman–Crippen MR) is 147 cm³/mol. The summed E-state index contributed by atoms with van der Waals surface area (Å²) in [6.45, 7) is 8.73. The molecule has 41 heavy (non-hydrogen) atoms. The molecule has 0 N–H and O–H groups in total. The van der Waals surface area contributed by atoms with Crippen LogP contribution in [0.2, 0.25) is 0 Å². The Kier molecular flexibility index (Phi) is 10.1. The zero-order chi connectivity index (χ0) is 30.5. The second kappa shape index (κ2) is 13.0. The number of methoxy groups -OCH3 is 1. The summed E-state index contributed by atoms with van der Waals surface area (Å²) >= 11 is 0. The lowest BCUT2D eigenvalue weighted by atomic mass is 10.0. The van der Waals surface area contributed by atoms with Gasteiger partial charge in [0.2, 0.25) is 0 Å². The molecule has 1 amide bonds. The molecule has 1 unspecified atom stereocenters. The molecule has 0 radical (unpaired) electrons. The Bertz CT molecular complexity index is 1320. The van der Waals surface area contributed by atoms with E-state index in [0.29, 0.717) is 42.5 Å². The molecule has 1 atom stereocenters. The van der Waals surface area contributed by atoms with E-state index in [4.69, 9.17) is 9.72 Å². The van der Waals surface area contributed by atoms with Crippen LogP contribution in [0.3, 0.4) is 0 Å². The molecule has 0 saturated carbocycles. The van der Waals surface area contributed by atoms with Crippen LogP contribution < -0.4 is 4.90 Å². The minimum absolute atomic E-state index is 0.0657. The van der Waals surface area contributed by atoms with Gasteiger partial charge >= 0.3 is 18.4 Å². The van der Waals surface area contributed by atoms with Crippen LogP contribution in [0, 0.1) is 12.8 Å². The van der Waals surface area contributed by atoms with Crippen LogP contribution in [0.15, 0.2) is 42.5 Å². The molecule has 3 rings (SSSR count). The monoisotopic (exact) mass is 583 g/mol. The Hall–Kier alpha value is -3.50. The highest BCUT2D eigenvalue weighted by Gasteiger charge is 2.37. The Morgan fingerprint density at radius 3 is 2.12 bits per heavy atom. The molecule has 0 spiro atoms. The van der Waals surface area contributed by atoms with Crippen molar-refractivity contribution in [1.82, 2.24) is 9.88 Å². The molecule has 0 bridgehead atoms. The van der Waals surface area contributed by atoms with E-state index in [2.05, 4.69) is 18.7 Å². The van der Waals surface area contributed by atoms with Gasteiger partial charge in [-0.25, -0.2) is 9.78 Å². The Balaban J connectivity index is 2.11. The van der Waals surface area contributed by atoms with Gasteiger partial charge in [-0.05, 0) is 68.1 Å². The Labute approximate surface area is 236 Å². The summed E-state index contributed by atoms with van der Waals surface area (Å²) in [5.74, 6) is 0.937. The number of nitrogens with zero attached hydrogens (tertiary/aromatic N) is 3. The highest BCUT2D eigenvalue weighted by atomic mass is 19.4. The number of ether oxygens (including phenoxy) is 1. The van der Waals surface area contributed by atoms with Crippen LogP contribution in [0.5, 0.6) is 0 Å². The number of pyridine rings is 1. The number of rotatable bonds is 10. The molecule has 1 heterocycles. The number of aromatic nitrogens is 1. The van der Waals surface area contributed by atoms with Crippen molar-refractivity contribution in [2.75, 3.05) is 25.1 Å². The highest BCUT2D eigenvalue weighted by molar-refractivity contribution is 5.83. The number of alkyl halides is 6.